The monoisotopic (exact) mass is 194 g/mol. The van der Waals surface area contributed by atoms with E-state index in [0.717, 1.165) is 5.56 Å². The molecule has 0 saturated carbocycles. The smallest absolute Gasteiger partial charge is 0.269 e. The molecule has 0 bridgehead atoms. The largest absolute Gasteiger partial charge is 0.334 e. The van der Waals surface area contributed by atoms with Crippen LogP contribution in [0.25, 0.3) is 0 Å². The maximum atomic E-state index is 10.4. The molecule has 0 aromatic heterocycles. The average molecular weight is 194 g/mol. The Bertz CT molecular complexity index is 332. The van der Waals surface area contributed by atoms with E-state index in [0.29, 0.717) is 13.0 Å². The Morgan fingerprint density at radius 2 is 2.07 bits per heavy atom. The fraction of sp³-hybridized carbons (Fsp3) is 0.125. The third kappa shape index (κ3) is 1.72. The third-order valence-corrected chi connectivity index (χ3v) is 1.83. The zero-order valence-electron chi connectivity index (χ0n) is 7.19. The molecule has 1 radical (unpaired) electrons. The van der Waals surface area contributed by atoms with Gasteiger partial charge in [-0.3, -0.25) is 10.1 Å². The van der Waals surface area contributed by atoms with Gasteiger partial charge in [-0.2, -0.15) is 0 Å². The number of nitro benzene ring substituents is 1. The van der Waals surface area contributed by atoms with E-state index >= 15 is 0 Å². The molecule has 0 spiro atoms. The number of nitro groups is 1. The molecule has 1 saturated heterocycles. The van der Waals surface area contributed by atoms with Crippen molar-refractivity contribution >= 4 is 5.69 Å². The topological polar surface area (TPSA) is 76.4 Å². The SMILES string of the molecule is O=[N+]([O-])c1ccc([C]2NNCO2)cc1. The minimum atomic E-state index is -0.435. The number of nitrogens with one attached hydrogen (secondary N) is 2. The highest BCUT2D eigenvalue weighted by Crippen LogP contribution is 2.18. The van der Waals surface area contributed by atoms with Crippen LogP contribution in [0.2, 0.25) is 0 Å². The number of benzene rings is 1. The van der Waals surface area contributed by atoms with Crippen molar-refractivity contribution in [3.8, 4) is 0 Å². The zero-order chi connectivity index (χ0) is 9.97. The van der Waals surface area contributed by atoms with Crippen molar-refractivity contribution in [1.29, 1.82) is 0 Å². The van der Waals surface area contributed by atoms with E-state index < -0.39 is 4.92 Å². The van der Waals surface area contributed by atoms with Crippen molar-refractivity contribution in [3.05, 3.63) is 46.2 Å². The first kappa shape index (κ1) is 9.07. The van der Waals surface area contributed by atoms with Crippen molar-refractivity contribution < 1.29 is 9.66 Å². The van der Waals surface area contributed by atoms with Crippen LogP contribution in [0.15, 0.2) is 24.3 Å². The van der Waals surface area contributed by atoms with Gasteiger partial charge in [0.05, 0.1) is 4.92 Å². The van der Waals surface area contributed by atoms with Gasteiger partial charge in [-0.25, -0.2) is 10.9 Å². The molecule has 1 heterocycles. The molecule has 14 heavy (non-hydrogen) atoms. The van der Waals surface area contributed by atoms with Gasteiger partial charge in [0.2, 0.25) is 6.23 Å². The summed E-state index contributed by atoms with van der Waals surface area (Å²) >= 11 is 0. The lowest BCUT2D eigenvalue weighted by Gasteiger charge is -2.05. The quantitative estimate of drug-likeness (QED) is 0.530. The summed E-state index contributed by atoms with van der Waals surface area (Å²) in [5.74, 6) is 0. The van der Waals surface area contributed by atoms with Crippen molar-refractivity contribution in [2.45, 2.75) is 0 Å². The second kappa shape index (κ2) is 3.70. The number of rotatable bonds is 2. The van der Waals surface area contributed by atoms with Crippen LogP contribution < -0.4 is 10.9 Å². The van der Waals surface area contributed by atoms with Gasteiger partial charge in [0, 0.05) is 17.7 Å². The summed E-state index contributed by atoms with van der Waals surface area (Å²) in [6.45, 7) is 0.395. The summed E-state index contributed by atoms with van der Waals surface area (Å²) in [5.41, 5.74) is 6.41. The van der Waals surface area contributed by atoms with Gasteiger partial charge in [-0.05, 0) is 12.1 Å². The highest BCUT2D eigenvalue weighted by molar-refractivity contribution is 5.37. The fourth-order valence-electron chi connectivity index (χ4n) is 1.15. The van der Waals surface area contributed by atoms with Crippen molar-refractivity contribution in [1.82, 2.24) is 10.9 Å². The lowest BCUT2D eigenvalue weighted by atomic mass is 10.2. The number of nitrogens with zero attached hydrogens (tertiary/aromatic N) is 1. The summed E-state index contributed by atoms with van der Waals surface area (Å²) in [6, 6.07) is 6.14. The zero-order valence-corrected chi connectivity index (χ0v) is 7.19. The van der Waals surface area contributed by atoms with E-state index in [1.54, 1.807) is 12.1 Å². The van der Waals surface area contributed by atoms with Crippen molar-refractivity contribution in [3.63, 3.8) is 0 Å². The van der Waals surface area contributed by atoms with Gasteiger partial charge in [0.25, 0.3) is 5.69 Å². The highest BCUT2D eigenvalue weighted by Gasteiger charge is 2.18. The molecule has 1 fully saturated rings. The van der Waals surface area contributed by atoms with Gasteiger partial charge in [0.15, 0.2) is 0 Å². The van der Waals surface area contributed by atoms with Crippen LogP contribution in [0.5, 0.6) is 0 Å². The lowest BCUT2D eigenvalue weighted by molar-refractivity contribution is -0.384. The van der Waals surface area contributed by atoms with E-state index in [9.17, 15) is 10.1 Å². The van der Waals surface area contributed by atoms with Crippen LogP contribution in [0.4, 0.5) is 5.69 Å². The third-order valence-electron chi connectivity index (χ3n) is 1.83. The number of hydrogen-bond donors (Lipinski definition) is 2. The average Bonchev–Trinajstić information content (AvgIpc) is 2.71. The van der Waals surface area contributed by atoms with E-state index in [2.05, 4.69) is 10.9 Å². The molecule has 73 valence electrons. The minimum Gasteiger partial charge on any atom is -0.334 e. The lowest BCUT2D eigenvalue weighted by Crippen LogP contribution is -2.25. The number of hydrogen-bond acceptors (Lipinski definition) is 5. The van der Waals surface area contributed by atoms with E-state index in [-0.39, 0.29) is 5.69 Å². The summed E-state index contributed by atoms with van der Waals surface area (Å²) in [4.78, 5) is 9.94. The number of ether oxygens (including phenoxy) is 1. The molecule has 6 heteroatoms. The molecule has 6 nitrogen and oxygen atoms in total. The Kier molecular flexibility index (Phi) is 2.40. The second-order valence-corrected chi connectivity index (χ2v) is 2.72. The van der Waals surface area contributed by atoms with Crippen LogP contribution in [0.1, 0.15) is 5.56 Å². The predicted molar refractivity (Wildman–Crippen MR) is 47.7 cm³/mol. The Morgan fingerprint density at radius 1 is 1.36 bits per heavy atom. The standard InChI is InChI=1S/C8H8N3O3/c12-11(13)7-3-1-6(2-4-7)8-10-9-5-14-8/h1-4,9-10H,5H2. The summed E-state index contributed by atoms with van der Waals surface area (Å²) in [5, 5.41) is 10.4. The predicted octanol–water partition coefficient (Wildman–Crippen LogP) is 0.514. The molecule has 2 N–H and O–H groups in total. The second-order valence-electron chi connectivity index (χ2n) is 2.72. The van der Waals surface area contributed by atoms with Crippen LogP contribution in [0, 0.1) is 16.3 Å². The minimum absolute atomic E-state index is 0.0697. The van der Waals surface area contributed by atoms with Crippen LogP contribution in [-0.2, 0) is 4.74 Å². The maximum absolute atomic E-state index is 10.4. The van der Waals surface area contributed by atoms with Crippen molar-refractivity contribution in [2.75, 3.05) is 6.73 Å². The summed E-state index contributed by atoms with van der Waals surface area (Å²) in [7, 11) is 0. The molecule has 1 aliphatic heterocycles. The Labute approximate surface area is 80.0 Å². The van der Waals surface area contributed by atoms with E-state index in [1.807, 2.05) is 0 Å². The summed E-state index contributed by atoms with van der Waals surface area (Å²) in [6.07, 6.45) is 0.583. The van der Waals surface area contributed by atoms with E-state index in [4.69, 9.17) is 4.74 Å². The van der Waals surface area contributed by atoms with Crippen LogP contribution in [0.3, 0.4) is 0 Å². The first-order chi connectivity index (χ1) is 6.77. The highest BCUT2D eigenvalue weighted by atomic mass is 16.6. The molecule has 0 aliphatic carbocycles. The number of non-ortho nitro benzene ring substituents is 1. The molecule has 0 unspecified atom stereocenters. The first-order valence-corrected chi connectivity index (χ1v) is 4.01. The summed E-state index contributed by atoms with van der Waals surface area (Å²) < 4.78 is 5.16. The first-order valence-electron chi connectivity index (χ1n) is 4.01. The van der Waals surface area contributed by atoms with E-state index in [1.165, 1.54) is 12.1 Å². The molecular weight excluding hydrogens is 186 g/mol. The number of hydrazine groups is 1. The van der Waals surface area contributed by atoms with Crippen LogP contribution in [-0.4, -0.2) is 11.7 Å². The molecule has 2 rings (SSSR count). The maximum Gasteiger partial charge on any atom is 0.269 e. The van der Waals surface area contributed by atoms with Gasteiger partial charge in [0.1, 0.15) is 6.73 Å². The molecule has 0 amide bonds. The molecule has 1 aromatic carbocycles. The van der Waals surface area contributed by atoms with Gasteiger partial charge in [-0.15, -0.1) is 0 Å². The molecule has 0 atom stereocenters. The Hall–Kier alpha value is -1.50. The van der Waals surface area contributed by atoms with Gasteiger partial charge in [-0.1, -0.05) is 0 Å². The Balaban J connectivity index is 2.16. The molecule has 1 aliphatic rings. The van der Waals surface area contributed by atoms with Gasteiger partial charge >= 0.3 is 0 Å². The van der Waals surface area contributed by atoms with Gasteiger partial charge < -0.3 is 4.74 Å². The Morgan fingerprint density at radius 3 is 2.57 bits per heavy atom. The van der Waals surface area contributed by atoms with Crippen molar-refractivity contribution in [2.24, 2.45) is 0 Å². The van der Waals surface area contributed by atoms with Crippen LogP contribution >= 0.6 is 0 Å². The fourth-order valence-corrected chi connectivity index (χ4v) is 1.15. The normalized spacial score (nSPS) is 17.1. The molecule has 1 aromatic rings. The molecular formula is C8H8N3O3.